The van der Waals surface area contributed by atoms with Gasteiger partial charge in [0.05, 0.1) is 6.20 Å². The molecule has 0 atom stereocenters. The number of H-pyrrole nitrogens is 1. The molecule has 2 heterocycles. The lowest BCUT2D eigenvalue weighted by Gasteiger charge is -2.09. The fourth-order valence-electron chi connectivity index (χ4n) is 3.11. The third-order valence-corrected chi connectivity index (χ3v) is 4.37. The van der Waals surface area contributed by atoms with E-state index in [9.17, 15) is 4.79 Å². The Labute approximate surface area is 167 Å². The Balaban J connectivity index is 1.38. The number of carbonyl (C=O) groups excluding carboxylic acids is 1. The number of para-hydroxylation sites is 1. The summed E-state index contributed by atoms with van der Waals surface area (Å²) < 4.78 is 0. The number of nitrogens with one attached hydrogen (secondary N) is 4. The minimum Gasteiger partial charge on any atom is -0.361 e. The molecule has 0 aliphatic carbocycles. The number of hydrogen-bond acceptors (Lipinski definition) is 6. The normalized spacial score (nSPS) is 10.7. The van der Waals surface area contributed by atoms with Crippen molar-refractivity contribution in [3.8, 4) is 0 Å². The molecule has 0 saturated carbocycles. The molecule has 4 rings (SSSR count). The van der Waals surface area contributed by atoms with E-state index in [2.05, 4.69) is 48.2 Å². The lowest BCUT2D eigenvalue weighted by molar-refractivity contribution is -0.114. The van der Waals surface area contributed by atoms with Gasteiger partial charge in [0, 0.05) is 41.9 Å². The van der Waals surface area contributed by atoms with Crippen molar-refractivity contribution < 1.29 is 4.79 Å². The van der Waals surface area contributed by atoms with Crippen molar-refractivity contribution in [3.63, 3.8) is 0 Å². The highest BCUT2D eigenvalue weighted by atomic mass is 16.1. The highest BCUT2D eigenvalue weighted by Gasteiger charge is 2.05. The maximum atomic E-state index is 11.2. The first-order valence-corrected chi connectivity index (χ1v) is 9.30. The van der Waals surface area contributed by atoms with Crippen LogP contribution in [0.3, 0.4) is 0 Å². The van der Waals surface area contributed by atoms with Gasteiger partial charge in [0.2, 0.25) is 11.9 Å². The smallest absolute Gasteiger partial charge is 0.244 e. The number of carbonyl (C=O) groups is 1. The van der Waals surface area contributed by atoms with Crippen LogP contribution in [0, 0.1) is 0 Å². The van der Waals surface area contributed by atoms with Crippen LogP contribution in [-0.2, 0) is 11.2 Å². The summed E-state index contributed by atoms with van der Waals surface area (Å²) in [6, 6.07) is 15.6. The lowest BCUT2D eigenvalue weighted by atomic mass is 10.1. The second-order valence-corrected chi connectivity index (χ2v) is 6.59. The van der Waals surface area contributed by atoms with Gasteiger partial charge in [-0.05, 0) is 36.2 Å². The van der Waals surface area contributed by atoms with Crippen LogP contribution in [0.5, 0.6) is 0 Å². The molecule has 8 nitrogen and oxygen atoms in total. The maximum Gasteiger partial charge on any atom is 0.244 e. The van der Waals surface area contributed by atoms with E-state index in [1.165, 1.54) is 17.9 Å². The number of aromatic nitrogens is 4. The molecule has 0 bridgehead atoms. The molecule has 2 aromatic carbocycles. The summed E-state index contributed by atoms with van der Waals surface area (Å²) in [4.78, 5) is 18.9. The molecule has 29 heavy (non-hydrogen) atoms. The molecule has 4 aromatic rings. The van der Waals surface area contributed by atoms with Crippen molar-refractivity contribution in [2.24, 2.45) is 0 Å². The van der Waals surface area contributed by atoms with Crippen LogP contribution < -0.4 is 16.0 Å². The van der Waals surface area contributed by atoms with E-state index in [1.54, 1.807) is 6.20 Å². The average Bonchev–Trinajstić information content (AvgIpc) is 3.11. The SMILES string of the molecule is CC(=O)Nc1cccc(Nc2cnnc(NCCc3c[nH]c4ccccc34)n2)c1. The van der Waals surface area contributed by atoms with Crippen LogP contribution >= 0.6 is 0 Å². The van der Waals surface area contributed by atoms with Gasteiger partial charge in [0.15, 0.2) is 5.82 Å². The van der Waals surface area contributed by atoms with Crippen molar-refractivity contribution >= 4 is 40.0 Å². The predicted octanol–water partition coefficient (Wildman–Crippen LogP) is 3.71. The van der Waals surface area contributed by atoms with Gasteiger partial charge in [-0.3, -0.25) is 4.79 Å². The van der Waals surface area contributed by atoms with E-state index in [0.29, 0.717) is 24.0 Å². The molecular weight excluding hydrogens is 366 g/mol. The summed E-state index contributed by atoms with van der Waals surface area (Å²) in [6.45, 7) is 2.16. The van der Waals surface area contributed by atoms with Gasteiger partial charge in [0.1, 0.15) is 0 Å². The molecule has 2 aromatic heterocycles. The Hall–Kier alpha value is -3.94. The summed E-state index contributed by atoms with van der Waals surface area (Å²) in [7, 11) is 0. The molecular formula is C21H21N7O. The Morgan fingerprint density at radius 2 is 1.97 bits per heavy atom. The second-order valence-electron chi connectivity index (χ2n) is 6.59. The van der Waals surface area contributed by atoms with Gasteiger partial charge in [-0.25, -0.2) is 0 Å². The Bertz CT molecular complexity index is 1140. The van der Waals surface area contributed by atoms with E-state index >= 15 is 0 Å². The van der Waals surface area contributed by atoms with Crippen LogP contribution in [0.4, 0.5) is 23.1 Å². The third kappa shape index (κ3) is 4.67. The van der Waals surface area contributed by atoms with E-state index in [4.69, 9.17) is 0 Å². The number of benzene rings is 2. The quantitative estimate of drug-likeness (QED) is 0.385. The van der Waals surface area contributed by atoms with Crippen LogP contribution in [0.25, 0.3) is 10.9 Å². The largest absolute Gasteiger partial charge is 0.361 e. The van der Waals surface area contributed by atoms with E-state index in [0.717, 1.165) is 17.6 Å². The number of aromatic amines is 1. The Morgan fingerprint density at radius 1 is 1.10 bits per heavy atom. The van der Waals surface area contributed by atoms with Crippen molar-refractivity contribution in [2.75, 3.05) is 22.5 Å². The predicted molar refractivity (Wildman–Crippen MR) is 114 cm³/mol. The highest BCUT2D eigenvalue weighted by molar-refractivity contribution is 5.89. The van der Waals surface area contributed by atoms with Crippen LogP contribution in [0.1, 0.15) is 12.5 Å². The molecule has 146 valence electrons. The molecule has 1 amide bonds. The summed E-state index contributed by atoms with van der Waals surface area (Å²) in [6.07, 6.45) is 4.42. The number of nitrogens with zero attached hydrogens (tertiary/aromatic N) is 3. The summed E-state index contributed by atoms with van der Waals surface area (Å²) >= 11 is 0. The molecule has 0 aliphatic rings. The first kappa shape index (κ1) is 18.4. The van der Waals surface area contributed by atoms with Crippen LogP contribution in [-0.4, -0.2) is 32.6 Å². The number of amides is 1. The molecule has 0 radical (unpaired) electrons. The fourth-order valence-corrected chi connectivity index (χ4v) is 3.11. The first-order valence-electron chi connectivity index (χ1n) is 9.30. The number of fused-ring (bicyclic) bond motifs is 1. The topological polar surface area (TPSA) is 108 Å². The highest BCUT2D eigenvalue weighted by Crippen LogP contribution is 2.20. The Kier molecular flexibility index (Phi) is 5.33. The van der Waals surface area contributed by atoms with Crippen LogP contribution in [0.2, 0.25) is 0 Å². The van der Waals surface area contributed by atoms with Crippen molar-refractivity contribution in [3.05, 3.63) is 66.5 Å². The average molecular weight is 387 g/mol. The fraction of sp³-hybridized carbons (Fsp3) is 0.143. The number of anilines is 4. The van der Waals surface area contributed by atoms with E-state index in [1.807, 2.05) is 42.6 Å². The van der Waals surface area contributed by atoms with Gasteiger partial charge in [-0.2, -0.15) is 10.1 Å². The monoisotopic (exact) mass is 387 g/mol. The van der Waals surface area contributed by atoms with Gasteiger partial charge in [0.25, 0.3) is 0 Å². The van der Waals surface area contributed by atoms with Crippen molar-refractivity contribution in [1.82, 2.24) is 20.2 Å². The van der Waals surface area contributed by atoms with Crippen molar-refractivity contribution in [2.45, 2.75) is 13.3 Å². The van der Waals surface area contributed by atoms with Gasteiger partial charge in [-0.15, -0.1) is 5.10 Å². The molecule has 0 spiro atoms. The second kappa shape index (κ2) is 8.39. The minimum absolute atomic E-state index is 0.118. The minimum atomic E-state index is -0.118. The molecule has 0 fully saturated rings. The van der Waals surface area contributed by atoms with Gasteiger partial charge >= 0.3 is 0 Å². The standard InChI is InChI=1S/C21H21N7O/c1-14(29)25-16-5-4-6-17(11-16)26-20-13-24-28-21(27-20)22-10-9-15-12-23-19-8-3-2-7-18(15)19/h2-8,11-13,23H,9-10H2,1H3,(H,25,29)(H2,22,26,27,28). The van der Waals surface area contributed by atoms with E-state index in [-0.39, 0.29) is 5.91 Å². The molecule has 0 saturated heterocycles. The lowest BCUT2D eigenvalue weighted by Crippen LogP contribution is -2.09. The molecule has 8 heteroatoms. The van der Waals surface area contributed by atoms with Crippen LogP contribution in [0.15, 0.2) is 60.9 Å². The van der Waals surface area contributed by atoms with E-state index < -0.39 is 0 Å². The molecule has 0 unspecified atom stereocenters. The van der Waals surface area contributed by atoms with Gasteiger partial charge < -0.3 is 20.9 Å². The summed E-state index contributed by atoms with van der Waals surface area (Å²) in [5.74, 6) is 0.898. The first-order chi connectivity index (χ1) is 14.2. The molecule has 0 aliphatic heterocycles. The molecule has 4 N–H and O–H groups in total. The Morgan fingerprint density at radius 3 is 2.86 bits per heavy atom. The number of rotatable bonds is 7. The zero-order valence-electron chi connectivity index (χ0n) is 15.9. The summed E-state index contributed by atoms with van der Waals surface area (Å²) in [5, 5.41) is 18.4. The zero-order chi connectivity index (χ0) is 20.1. The third-order valence-electron chi connectivity index (χ3n) is 4.37. The van der Waals surface area contributed by atoms with Crippen molar-refractivity contribution in [1.29, 1.82) is 0 Å². The maximum absolute atomic E-state index is 11.2. The van der Waals surface area contributed by atoms with Gasteiger partial charge in [-0.1, -0.05) is 24.3 Å². The number of hydrogen-bond donors (Lipinski definition) is 4. The summed E-state index contributed by atoms with van der Waals surface area (Å²) in [5.41, 5.74) is 3.88. The zero-order valence-corrected chi connectivity index (χ0v) is 15.9.